The molecule has 6 nitrogen and oxygen atoms in total. The molecule has 1 amide bonds. The number of hydrogen-bond acceptors (Lipinski definition) is 5. The summed E-state index contributed by atoms with van der Waals surface area (Å²) < 4.78 is 5.11. The molecule has 22 heavy (non-hydrogen) atoms. The molecule has 0 spiro atoms. The fourth-order valence-corrected chi connectivity index (χ4v) is 2.19. The Labute approximate surface area is 128 Å². The van der Waals surface area contributed by atoms with E-state index in [1.54, 1.807) is 19.2 Å². The van der Waals surface area contributed by atoms with E-state index in [9.17, 15) is 4.79 Å². The van der Waals surface area contributed by atoms with E-state index in [0.29, 0.717) is 11.6 Å². The van der Waals surface area contributed by atoms with E-state index in [-0.39, 0.29) is 11.8 Å². The second-order valence-electron chi connectivity index (χ2n) is 5.27. The van der Waals surface area contributed by atoms with Crippen LogP contribution in [0.4, 0.5) is 17.3 Å². The topological polar surface area (TPSA) is 76.1 Å². The zero-order chi connectivity index (χ0) is 15.4. The molecule has 0 unspecified atom stereocenters. The van der Waals surface area contributed by atoms with Crippen molar-refractivity contribution < 1.29 is 9.53 Å². The van der Waals surface area contributed by atoms with Crippen LogP contribution < -0.4 is 15.4 Å². The average Bonchev–Trinajstić information content (AvgIpc) is 2.48. The van der Waals surface area contributed by atoms with Gasteiger partial charge in [-0.2, -0.15) is 0 Å². The predicted molar refractivity (Wildman–Crippen MR) is 84.3 cm³/mol. The van der Waals surface area contributed by atoms with Crippen molar-refractivity contribution in [1.29, 1.82) is 0 Å². The lowest BCUT2D eigenvalue weighted by Crippen LogP contribution is -2.28. The molecule has 0 saturated heterocycles. The lowest BCUT2D eigenvalue weighted by atomic mass is 9.85. The zero-order valence-electron chi connectivity index (χ0n) is 12.4. The summed E-state index contributed by atoms with van der Waals surface area (Å²) in [5, 5.41) is 14.0. The van der Waals surface area contributed by atoms with Gasteiger partial charge in [0.1, 0.15) is 5.75 Å². The van der Waals surface area contributed by atoms with Crippen molar-refractivity contribution in [3.05, 3.63) is 36.4 Å². The Morgan fingerprint density at radius 3 is 2.32 bits per heavy atom. The van der Waals surface area contributed by atoms with E-state index in [1.165, 1.54) is 0 Å². The van der Waals surface area contributed by atoms with Gasteiger partial charge < -0.3 is 15.4 Å². The van der Waals surface area contributed by atoms with E-state index < -0.39 is 0 Å². The summed E-state index contributed by atoms with van der Waals surface area (Å²) in [4.78, 5) is 11.8. The molecule has 0 aliphatic heterocycles. The number of rotatable bonds is 5. The molecule has 114 valence electrons. The number of carbonyl (C=O) groups is 1. The first-order valence-corrected chi connectivity index (χ1v) is 7.30. The van der Waals surface area contributed by atoms with Gasteiger partial charge in [-0.3, -0.25) is 4.79 Å². The SMILES string of the molecule is COc1ccc(Nc2ccc(NC(=O)C3CCC3)nn2)cc1. The smallest absolute Gasteiger partial charge is 0.228 e. The Hall–Kier alpha value is -2.63. The number of anilines is 3. The van der Waals surface area contributed by atoms with Gasteiger partial charge in [0.25, 0.3) is 0 Å². The quantitative estimate of drug-likeness (QED) is 0.887. The van der Waals surface area contributed by atoms with Crippen LogP contribution >= 0.6 is 0 Å². The molecule has 2 aromatic rings. The minimum Gasteiger partial charge on any atom is -0.497 e. The first-order chi connectivity index (χ1) is 10.7. The van der Waals surface area contributed by atoms with Crippen molar-refractivity contribution in [1.82, 2.24) is 10.2 Å². The summed E-state index contributed by atoms with van der Waals surface area (Å²) in [7, 11) is 1.63. The summed E-state index contributed by atoms with van der Waals surface area (Å²) >= 11 is 0. The standard InChI is InChI=1S/C16H18N4O2/c1-22-13-7-5-12(6-8-13)17-14-9-10-15(20-19-14)18-16(21)11-3-2-4-11/h5-11H,2-4H2,1H3,(H,17,19)(H,18,20,21). The largest absolute Gasteiger partial charge is 0.497 e. The first-order valence-electron chi connectivity index (χ1n) is 7.30. The second-order valence-corrected chi connectivity index (χ2v) is 5.27. The number of ether oxygens (including phenoxy) is 1. The van der Waals surface area contributed by atoms with E-state index in [2.05, 4.69) is 20.8 Å². The number of nitrogens with one attached hydrogen (secondary N) is 2. The van der Waals surface area contributed by atoms with Crippen molar-refractivity contribution >= 4 is 23.2 Å². The van der Waals surface area contributed by atoms with Gasteiger partial charge in [0.15, 0.2) is 11.6 Å². The normalized spacial score (nSPS) is 14.0. The van der Waals surface area contributed by atoms with Crippen LogP contribution in [0.25, 0.3) is 0 Å². The lowest BCUT2D eigenvalue weighted by molar-refractivity contribution is -0.122. The third-order valence-corrected chi connectivity index (χ3v) is 3.75. The van der Waals surface area contributed by atoms with Crippen LogP contribution in [-0.2, 0) is 4.79 Å². The van der Waals surface area contributed by atoms with Gasteiger partial charge in [0.2, 0.25) is 5.91 Å². The second kappa shape index (κ2) is 6.43. The van der Waals surface area contributed by atoms with Crippen molar-refractivity contribution in [2.75, 3.05) is 17.7 Å². The Morgan fingerprint density at radius 1 is 1.09 bits per heavy atom. The van der Waals surface area contributed by atoms with E-state index in [1.807, 2.05) is 24.3 Å². The lowest BCUT2D eigenvalue weighted by Gasteiger charge is -2.23. The first kappa shape index (κ1) is 14.3. The number of carbonyl (C=O) groups excluding carboxylic acids is 1. The number of nitrogens with zero attached hydrogens (tertiary/aromatic N) is 2. The van der Waals surface area contributed by atoms with Crippen molar-refractivity contribution in [2.24, 2.45) is 5.92 Å². The minimum atomic E-state index is 0.0383. The van der Waals surface area contributed by atoms with Crippen LogP contribution in [0, 0.1) is 5.92 Å². The van der Waals surface area contributed by atoms with Crippen LogP contribution in [0.15, 0.2) is 36.4 Å². The third kappa shape index (κ3) is 3.33. The fourth-order valence-electron chi connectivity index (χ4n) is 2.19. The molecule has 6 heteroatoms. The van der Waals surface area contributed by atoms with E-state index in [0.717, 1.165) is 30.7 Å². The van der Waals surface area contributed by atoms with Crippen LogP contribution in [0.5, 0.6) is 5.75 Å². The molecular weight excluding hydrogens is 280 g/mol. The molecule has 0 bridgehead atoms. The highest BCUT2D eigenvalue weighted by molar-refractivity contribution is 5.92. The zero-order valence-corrected chi connectivity index (χ0v) is 12.4. The number of methoxy groups -OCH3 is 1. The van der Waals surface area contributed by atoms with Gasteiger partial charge in [-0.1, -0.05) is 6.42 Å². The highest BCUT2D eigenvalue weighted by Crippen LogP contribution is 2.27. The molecule has 2 N–H and O–H groups in total. The molecule has 0 radical (unpaired) electrons. The van der Waals surface area contributed by atoms with Gasteiger partial charge in [-0.15, -0.1) is 10.2 Å². The van der Waals surface area contributed by atoms with Crippen molar-refractivity contribution in [3.8, 4) is 5.75 Å². The van der Waals surface area contributed by atoms with E-state index >= 15 is 0 Å². The molecule has 1 aromatic heterocycles. The maximum atomic E-state index is 11.8. The monoisotopic (exact) mass is 298 g/mol. The highest BCUT2D eigenvalue weighted by atomic mass is 16.5. The van der Waals surface area contributed by atoms with E-state index in [4.69, 9.17) is 4.74 Å². The van der Waals surface area contributed by atoms with Crippen molar-refractivity contribution in [3.63, 3.8) is 0 Å². The number of hydrogen-bond donors (Lipinski definition) is 2. The summed E-state index contributed by atoms with van der Waals surface area (Å²) in [6.45, 7) is 0. The van der Waals surface area contributed by atoms with Gasteiger partial charge in [-0.05, 0) is 49.2 Å². The Morgan fingerprint density at radius 2 is 1.77 bits per heavy atom. The fraction of sp³-hybridized carbons (Fsp3) is 0.312. The average molecular weight is 298 g/mol. The molecular formula is C16H18N4O2. The maximum absolute atomic E-state index is 11.8. The van der Waals surface area contributed by atoms with Gasteiger partial charge in [-0.25, -0.2) is 0 Å². The van der Waals surface area contributed by atoms with Crippen LogP contribution in [0.1, 0.15) is 19.3 Å². The molecule has 1 aromatic carbocycles. The predicted octanol–water partition coefficient (Wildman–Crippen LogP) is 2.97. The molecule has 1 saturated carbocycles. The van der Waals surface area contributed by atoms with Crippen molar-refractivity contribution in [2.45, 2.75) is 19.3 Å². The minimum absolute atomic E-state index is 0.0383. The number of benzene rings is 1. The summed E-state index contributed by atoms with van der Waals surface area (Å²) in [5.74, 6) is 2.07. The summed E-state index contributed by atoms with van der Waals surface area (Å²) in [6.07, 6.45) is 3.07. The number of amides is 1. The van der Waals surface area contributed by atoms with Crippen LogP contribution in [0.2, 0.25) is 0 Å². The molecule has 1 aliphatic rings. The Kier molecular flexibility index (Phi) is 4.18. The molecule has 1 heterocycles. The highest BCUT2D eigenvalue weighted by Gasteiger charge is 2.25. The molecule has 0 atom stereocenters. The van der Waals surface area contributed by atoms with Crippen LogP contribution in [0.3, 0.4) is 0 Å². The maximum Gasteiger partial charge on any atom is 0.228 e. The van der Waals surface area contributed by atoms with Gasteiger partial charge in [0.05, 0.1) is 7.11 Å². The molecule has 1 fully saturated rings. The summed E-state index contributed by atoms with van der Waals surface area (Å²) in [6, 6.07) is 11.1. The summed E-state index contributed by atoms with van der Waals surface area (Å²) in [5.41, 5.74) is 0.890. The third-order valence-electron chi connectivity index (χ3n) is 3.75. The molecule has 3 rings (SSSR count). The Balaban J connectivity index is 1.59. The molecule has 1 aliphatic carbocycles. The van der Waals surface area contributed by atoms with Crippen LogP contribution in [-0.4, -0.2) is 23.2 Å². The van der Waals surface area contributed by atoms with Gasteiger partial charge in [0, 0.05) is 11.6 Å². The van der Waals surface area contributed by atoms with Gasteiger partial charge >= 0.3 is 0 Å². The number of aromatic nitrogens is 2. The Bertz CT molecular complexity index is 636.